The van der Waals surface area contributed by atoms with Gasteiger partial charge in [0.05, 0.1) is 6.61 Å². The number of nitrogens with one attached hydrogen (secondary N) is 1. The van der Waals surface area contributed by atoms with Gasteiger partial charge in [-0.2, -0.15) is 0 Å². The highest BCUT2D eigenvalue weighted by molar-refractivity contribution is 5.88. The van der Waals surface area contributed by atoms with Crippen molar-refractivity contribution in [3.05, 3.63) is 0 Å². The maximum absolute atomic E-state index is 12.7. The summed E-state index contributed by atoms with van der Waals surface area (Å²) < 4.78 is 5.50. The number of nitrogens with zero attached hydrogens (tertiary/aromatic N) is 1. The van der Waals surface area contributed by atoms with E-state index in [-0.39, 0.29) is 23.7 Å². The van der Waals surface area contributed by atoms with E-state index >= 15 is 0 Å². The molecule has 1 aliphatic carbocycles. The Labute approximate surface area is 140 Å². The van der Waals surface area contributed by atoms with E-state index in [2.05, 4.69) is 19.2 Å². The quantitative estimate of drug-likeness (QED) is 0.731. The van der Waals surface area contributed by atoms with Gasteiger partial charge in [-0.1, -0.05) is 26.7 Å². The van der Waals surface area contributed by atoms with E-state index in [0.29, 0.717) is 19.1 Å². The number of amides is 2. The first-order valence-corrected chi connectivity index (χ1v) is 9.24. The van der Waals surface area contributed by atoms with E-state index in [1.54, 1.807) is 0 Å². The van der Waals surface area contributed by atoms with Gasteiger partial charge in [-0.25, -0.2) is 0 Å². The lowest BCUT2D eigenvalue weighted by molar-refractivity contribution is -0.142. The number of carbonyl (C=O) groups is 2. The first-order chi connectivity index (χ1) is 11.1. The summed E-state index contributed by atoms with van der Waals surface area (Å²) in [4.78, 5) is 27.1. The van der Waals surface area contributed by atoms with Crippen LogP contribution in [0.4, 0.5) is 0 Å². The maximum Gasteiger partial charge on any atom is 0.226 e. The van der Waals surface area contributed by atoms with Gasteiger partial charge < -0.3 is 15.0 Å². The van der Waals surface area contributed by atoms with Gasteiger partial charge in [0.15, 0.2) is 0 Å². The first-order valence-electron chi connectivity index (χ1n) is 9.24. The molecule has 1 N–H and O–H groups in total. The molecular weight excluding hydrogens is 292 g/mol. The van der Waals surface area contributed by atoms with Gasteiger partial charge in [-0.3, -0.25) is 9.59 Å². The minimum Gasteiger partial charge on any atom is -0.379 e. The molecule has 1 heterocycles. The number of ether oxygens (including phenoxy) is 1. The van der Waals surface area contributed by atoms with E-state index in [9.17, 15) is 9.59 Å². The molecule has 0 radical (unpaired) electrons. The van der Waals surface area contributed by atoms with Crippen LogP contribution < -0.4 is 5.32 Å². The summed E-state index contributed by atoms with van der Waals surface area (Å²) in [6.07, 6.45) is 6.00. The fourth-order valence-corrected chi connectivity index (χ4v) is 3.61. The van der Waals surface area contributed by atoms with Crippen LogP contribution in [0.1, 0.15) is 52.4 Å². The second kappa shape index (κ2) is 9.26. The number of likely N-dealkylation sites (tertiary alicyclic amines) is 1. The molecule has 2 aliphatic rings. The third-order valence-electron chi connectivity index (χ3n) is 4.83. The first kappa shape index (κ1) is 18.2. The molecule has 2 atom stereocenters. The Hall–Kier alpha value is -1.10. The molecule has 0 spiro atoms. The van der Waals surface area contributed by atoms with E-state index in [1.807, 2.05) is 4.90 Å². The standard InChI is InChI=1S/C18H32N2O3/c1-14(2)13-23-12-9-19-17(21)15-7-3-4-8-16(15)18(22)20-10-5-6-11-20/h14-16H,3-13H2,1-2H3,(H,19,21)/t15-,16-/m1/s1. The average molecular weight is 324 g/mol. The van der Waals surface area contributed by atoms with Crippen LogP contribution in [-0.2, 0) is 14.3 Å². The zero-order chi connectivity index (χ0) is 16.7. The summed E-state index contributed by atoms with van der Waals surface area (Å²) in [5.41, 5.74) is 0. The summed E-state index contributed by atoms with van der Waals surface area (Å²) in [5.74, 6) is 0.487. The van der Waals surface area contributed by atoms with Gasteiger partial charge in [0.25, 0.3) is 0 Å². The zero-order valence-corrected chi connectivity index (χ0v) is 14.7. The fourth-order valence-electron chi connectivity index (χ4n) is 3.61. The summed E-state index contributed by atoms with van der Waals surface area (Å²) in [7, 11) is 0. The van der Waals surface area contributed by atoms with Crippen molar-refractivity contribution in [2.45, 2.75) is 52.4 Å². The second-order valence-corrected chi connectivity index (χ2v) is 7.29. The Morgan fingerprint density at radius 3 is 2.39 bits per heavy atom. The summed E-state index contributed by atoms with van der Waals surface area (Å²) >= 11 is 0. The highest BCUT2D eigenvalue weighted by atomic mass is 16.5. The number of rotatable bonds is 7. The molecule has 2 amide bonds. The van der Waals surface area contributed by atoms with Crippen molar-refractivity contribution in [3.63, 3.8) is 0 Å². The Balaban J connectivity index is 1.80. The van der Waals surface area contributed by atoms with Crippen molar-refractivity contribution in [2.75, 3.05) is 32.8 Å². The highest BCUT2D eigenvalue weighted by Gasteiger charge is 2.38. The topological polar surface area (TPSA) is 58.6 Å². The molecule has 0 unspecified atom stereocenters. The predicted octanol–water partition coefficient (Wildman–Crippen LogP) is 2.20. The summed E-state index contributed by atoms with van der Waals surface area (Å²) in [6.45, 7) is 7.74. The van der Waals surface area contributed by atoms with Gasteiger partial charge in [-0.15, -0.1) is 0 Å². The van der Waals surface area contributed by atoms with Gasteiger partial charge in [0.1, 0.15) is 0 Å². The minimum absolute atomic E-state index is 0.0374. The lowest BCUT2D eigenvalue weighted by Crippen LogP contribution is -2.45. The van der Waals surface area contributed by atoms with Crippen LogP contribution in [0.3, 0.4) is 0 Å². The van der Waals surface area contributed by atoms with Crippen LogP contribution >= 0.6 is 0 Å². The average Bonchev–Trinajstić information content (AvgIpc) is 3.08. The van der Waals surface area contributed by atoms with Crippen molar-refractivity contribution >= 4 is 11.8 Å². The van der Waals surface area contributed by atoms with Crippen molar-refractivity contribution in [1.82, 2.24) is 10.2 Å². The van der Waals surface area contributed by atoms with E-state index in [1.165, 1.54) is 0 Å². The van der Waals surface area contributed by atoms with E-state index in [0.717, 1.165) is 58.2 Å². The Morgan fingerprint density at radius 2 is 1.74 bits per heavy atom. The van der Waals surface area contributed by atoms with Crippen LogP contribution in [0.15, 0.2) is 0 Å². The number of hydrogen-bond donors (Lipinski definition) is 1. The van der Waals surface area contributed by atoms with Gasteiger partial charge >= 0.3 is 0 Å². The SMILES string of the molecule is CC(C)COCCNC(=O)[C@@H]1CCCC[C@H]1C(=O)N1CCCC1. The normalized spacial score (nSPS) is 24.9. The van der Waals surface area contributed by atoms with Crippen molar-refractivity contribution in [2.24, 2.45) is 17.8 Å². The van der Waals surface area contributed by atoms with Crippen LogP contribution in [0.25, 0.3) is 0 Å². The monoisotopic (exact) mass is 324 g/mol. The molecular formula is C18H32N2O3. The maximum atomic E-state index is 12.7. The van der Waals surface area contributed by atoms with Crippen molar-refractivity contribution in [1.29, 1.82) is 0 Å². The molecule has 0 bridgehead atoms. The number of carbonyl (C=O) groups excluding carboxylic acids is 2. The van der Waals surface area contributed by atoms with E-state index < -0.39 is 0 Å². The van der Waals surface area contributed by atoms with Crippen LogP contribution in [0.2, 0.25) is 0 Å². The lowest BCUT2D eigenvalue weighted by atomic mass is 9.78. The molecule has 5 heteroatoms. The number of hydrogen-bond acceptors (Lipinski definition) is 3. The molecule has 2 fully saturated rings. The largest absolute Gasteiger partial charge is 0.379 e. The smallest absolute Gasteiger partial charge is 0.226 e. The molecule has 5 nitrogen and oxygen atoms in total. The highest BCUT2D eigenvalue weighted by Crippen LogP contribution is 2.32. The zero-order valence-electron chi connectivity index (χ0n) is 14.7. The third-order valence-corrected chi connectivity index (χ3v) is 4.83. The Bertz CT molecular complexity index is 392. The molecule has 1 saturated heterocycles. The van der Waals surface area contributed by atoms with Gasteiger partial charge in [0.2, 0.25) is 11.8 Å². The Kier molecular flexibility index (Phi) is 7.34. The van der Waals surface area contributed by atoms with Gasteiger partial charge in [0, 0.05) is 38.1 Å². The molecule has 1 aliphatic heterocycles. The Morgan fingerprint density at radius 1 is 1.09 bits per heavy atom. The van der Waals surface area contributed by atoms with Gasteiger partial charge in [-0.05, 0) is 31.6 Å². The van der Waals surface area contributed by atoms with E-state index in [4.69, 9.17) is 4.74 Å². The molecule has 2 rings (SSSR count). The van der Waals surface area contributed by atoms with Crippen LogP contribution in [0.5, 0.6) is 0 Å². The van der Waals surface area contributed by atoms with Crippen molar-refractivity contribution in [3.8, 4) is 0 Å². The summed E-state index contributed by atoms with van der Waals surface area (Å²) in [6, 6.07) is 0. The predicted molar refractivity (Wildman–Crippen MR) is 89.9 cm³/mol. The molecule has 0 aromatic rings. The molecule has 132 valence electrons. The third kappa shape index (κ3) is 5.48. The van der Waals surface area contributed by atoms with Crippen LogP contribution in [0, 0.1) is 17.8 Å². The van der Waals surface area contributed by atoms with Crippen molar-refractivity contribution < 1.29 is 14.3 Å². The fraction of sp³-hybridized carbons (Fsp3) is 0.889. The molecule has 1 saturated carbocycles. The molecule has 0 aromatic carbocycles. The van der Waals surface area contributed by atoms with Crippen LogP contribution in [-0.4, -0.2) is 49.6 Å². The lowest BCUT2D eigenvalue weighted by Gasteiger charge is -2.32. The summed E-state index contributed by atoms with van der Waals surface area (Å²) in [5, 5.41) is 2.97. The molecule has 0 aromatic heterocycles. The molecule has 23 heavy (non-hydrogen) atoms. The minimum atomic E-state index is -0.151. The second-order valence-electron chi connectivity index (χ2n) is 7.29.